The van der Waals surface area contributed by atoms with Crippen LogP contribution in [0.2, 0.25) is 0 Å². The highest BCUT2D eigenvalue weighted by molar-refractivity contribution is 5.99. The number of pyridine rings is 1. The van der Waals surface area contributed by atoms with Crippen LogP contribution in [0.15, 0.2) is 54.0 Å². The maximum absolute atomic E-state index is 13.0. The van der Waals surface area contributed by atoms with E-state index >= 15 is 0 Å². The standard InChI is InChI=1S/C22H19N5O3/c28-16-5-1-4-15-19(16)20(13-6-7-17-18(11-13)30-10-9-29-17)27-22(24-15)25-21(26-27)14-3-2-8-23-12-14/h2-3,6-8,11-12,20H,1,4-5,9-10H2,(H,24,25,26). The van der Waals surface area contributed by atoms with Gasteiger partial charge in [0.05, 0.1) is 0 Å². The minimum absolute atomic E-state index is 0.146. The molecule has 8 heteroatoms. The van der Waals surface area contributed by atoms with Gasteiger partial charge in [-0.1, -0.05) is 6.07 Å². The molecule has 1 unspecified atom stereocenters. The number of allylic oxidation sites excluding steroid dienone is 2. The molecule has 30 heavy (non-hydrogen) atoms. The first-order valence-electron chi connectivity index (χ1n) is 10.1. The molecular weight excluding hydrogens is 382 g/mol. The highest BCUT2D eigenvalue weighted by Gasteiger charge is 2.37. The summed E-state index contributed by atoms with van der Waals surface area (Å²) in [5, 5.41) is 8.11. The van der Waals surface area contributed by atoms with Gasteiger partial charge >= 0.3 is 0 Å². The summed E-state index contributed by atoms with van der Waals surface area (Å²) in [7, 11) is 0. The van der Waals surface area contributed by atoms with Crippen LogP contribution in [0.4, 0.5) is 5.95 Å². The van der Waals surface area contributed by atoms with E-state index in [2.05, 4.69) is 10.3 Å². The monoisotopic (exact) mass is 401 g/mol. The first-order valence-corrected chi connectivity index (χ1v) is 10.1. The third kappa shape index (κ3) is 2.67. The predicted molar refractivity (Wildman–Crippen MR) is 108 cm³/mol. The molecule has 8 nitrogen and oxygen atoms in total. The SMILES string of the molecule is O=C1CCCC2=C1C(c1ccc3c(c1)OCCO3)n1nc(-c3cccnc3)nc1N2. The van der Waals surface area contributed by atoms with Gasteiger partial charge in [-0.05, 0) is 42.7 Å². The summed E-state index contributed by atoms with van der Waals surface area (Å²) in [6, 6.07) is 9.24. The zero-order valence-electron chi connectivity index (χ0n) is 16.2. The zero-order valence-corrected chi connectivity index (χ0v) is 16.2. The van der Waals surface area contributed by atoms with E-state index in [0.717, 1.165) is 41.0 Å². The number of aromatic nitrogens is 4. The third-order valence-corrected chi connectivity index (χ3v) is 5.67. The first-order chi connectivity index (χ1) is 14.8. The molecule has 3 aromatic rings. The second-order valence-electron chi connectivity index (χ2n) is 7.54. The van der Waals surface area contributed by atoms with Gasteiger partial charge in [0.15, 0.2) is 23.1 Å². The number of rotatable bonds is 2. The van der Waals surface area contributed by atoms with Crippen molar-refractivity contribution in [1.29, 1.82) is 0 Å². The van der Waals surface area contributed by atoms with Gasteiger partial charge in [0.2, 0.25) is 5.95 Å². The first kappa shape index (κ1) is 17.2. The van der Waals surface area contributed by atoms with Crippen molar-refractivity contribution in [3.05, 3.63) is 59.6 Å². The van der Waals surface area contributed by atoms with Gasteiger partial charge < -0.3 is 14.8 Å². The number of ether oxygens (including phenoxy) is 2. The van der Waals surface area contributed by atoms with Crippen LogP contribution in [0.1, 0.15) is 30.9 Å². The average Bonchev–Trinajstić information content (AvgIpc) is 3.22. The summed E-state index contributed by atoms with van der Waals surface area (Å²) in [5.41, 5.74) is 3.44. The van der Waals surface area contributed by atoms with Crippen LogP contribution in [-0.4, -0.2) is 38.7 Å². The number of hydrogen-bond donors (Lipinski definition) is 1. The van der Waals surface area contributed by atoms with Crippen LogP contribution < -0.4 is 14.8 Å². The molecular formula is C22H19N5O3. The fraction of sp³-hybridized carbons (Fsp3) is 0.273. The van der Waals surface area contributed by atoms with Gasteiger partial charge in [0, 0.05) is 35.6 Å². The number of hydrogen-bond acceptors (Lipinski definition) is 7. The van der Waals surface area contributed by atoms with Crippen molar-refractivity contribution in [3.8, 4) is 22.9 Å². The van der Waals surface area contributed by atoms with Crippen molar-refractivity contribution < 1.29 is 14.3 Å². The molecule has 0 saturated carbocycles. The lowest BCUT2D eigenvalue weighted by atomic mass is 9.85. The number of benzene rings is 1. The Morgan fingerprint density at radius 3 is 2.87 bits per heavy atom. The lowest BCUT2D eigenvalue weighted by Gasteiger charge is -2.32. The van der Waals surface area contributed by atoms with E-state index in [1.807, 2.05) is 30.3 Å². The van der Waals surface area contributed by atoms with Crippen molar-refractivity contribution in [2.24, 2.45) is 0 Å². The minimum atomic E-state index is -0.363. The van der Waals surface area contributed by atoms with E-state index in [4.69, 9.17) is 19.6 Å². The molecule has 0 spiro atoms. The molecule has 0 saturated heterocycles. The lowest BCUT2D eigenvalue weighted by Crippen LogP contribution is -2.31. The Labute approximate surface area is 172 Å². The molecule has 0 radical (unpaired) electrons. The smallest absolute Gasteiger partial charge is 0.226 e. The van der Waals surface area contributed by atoms with Crippen molar-refractivity contribution in [1.82, 2.24) is 19.7 Å². The summed E-state index contributed by atoms with van der Waals surface area (Å²) in [5.74, 6) is 2.75. The molecule has 0 amide bonds. The summed E-state index contributed by atoms with van der Waals surface area (Å²) in [6.45, 7) is 1.05. The van der Waals surface area contributed by atoms with Crippen LogP contribution in [0.3, 0.4) is 0 Å². The van der Waals surface area contributed by atoms with E-state index in [1.165, 1.54) is 0 Å². The summed E-state index contributed by atoms with van der Waals surface area (Å²) in [6.07, 6.45) is 5.65. The van der Waals surface area contributed by atoms with Crippen LogP contribution in [-0.2, 0) is 4.79 Å². The molecule has 4 heterocycles. The Hall–Kier alpha value is -3.68. The number of carbonyl (C=O) groups excluding carboxylic acids is 1. The number of nitrogens with one attached hydrogen (secondary N) is 1. The largest absolute Gasteiger partial charge is 0.486 e. The summed E-state index contributed by atoms with van der Waals surface area (Å²) < 4.78 is 13.3. The molecule has 1 aromatic carbocycles. The van der Waals surface area contributed by atoms with Gasteiger partial charge in [-0.15, -0.1) is 5.10 Å². The normalized spacial score (nSPS) is 19.7. The topological polar surface area (TPSA) is 91.2 Å². The van der Waals surface area contributed by atoms with E-state index in [1.54, 1.807) is 17.1 Å². The molecule has 2 aliphatic heterocycles. The maximum Gasteiger partial charge on any atom is 0.226 e. The van der Waals surface area contributed by atoms with Crippen molar-refractivity contribution in [2.75, 3.05) is 18.5 Å². The second kappa shape index (κ2) is 6.69. The van der Waals surface area contributed by atoms with Crippen molar-refractivity contribution >= 4 is 11.7 Å². The minimum Gasteiger partial charge on any atom is -0.486 e. The van der Waals surface area contributed by atoms with Gasteiger partial charge in [-0.25, -0.2) is 4.68 Å². The van der Waals surface area contributed by atoms with Gasteiger partial charge in [-0.2, -0.15) is 4.98 Å². The van der Waals surface area contributed by atoms with Gasteiger partial charge in [0.25, 0.3) is 0 Å². The number of anilines is 1. The third-order valence-electron chi connectivity index (χ3n) is 5.67. The molecule has 0 fully saturated rings. The van der Waals surface area contributed by atoms with Crippen LogP contribution in [0.5, 0.6) is 11.5 Å². The molecule has 0 bridgehead atoms. The predicted octanol–water partition coefficient (Wildman–Crippen LogP) is 3.13. The number of fused-ring (bicyclic) bond motifs is 2. The fourth-order valence-electron chi connectivity index (χ4n) is 4.31. The number of ketones is 1. The van der Waals surface area contributed by atoms with E-state index in [9.17, 15) is 4.79 Å². The van der Waals surface area contributed by atoms with Crippen molar-refractivity contribution in [2.45, 2.75) is 25.3 Å². The molecule has 2 aromatic heterocycles. The molecule has 1 N–H and O–H groups in total. The lowest BCUT2D eigenvalue weighted by molar-refractivity contribution is -0.116. The number of Topliss-reactive ketones (excluding diaryl/α,β-unsaturated/α-hetero) is 1. The maximum atomic E-state index is 13.0. The average molecular weight is 401 g/mol. The van der Waals surface area contributed by atoms with E-state index in [0.29, 0.717) is 37.2 Å². The Bertz CT molecular complexity index is 1180. The van der Waals surface area contributed by atoms with Crippen LogP contribution in [0, 0.1) is 0 Å². The second-order valence-corrected chi connectivity index (χ2v) is 7.54. The number of nitrogens with zero attached hydrogens (tertiary/aromatic N) is 4. The quantitative estimate of drug-likeness (QED) is 0.705. The van der Waals surface area contributed by atoms with E-state index in [-0.39, 0.29) is 11.8 Å². The van der Waals surface area contributed by atoms with E-state index < -0.39 is 0 Å². The zero-order chi connectivity index (χ0) is 20.1. The highest BCUT2D eigenvalue weighted by Crippen LogP contribution is 2.43. The fourth-order valence-corrected chi connectivity index (χ4v) is 4.31. The van der Waals surface area contributed by atoms with Crippen LogP contribution in [0.25, 0.3) is 11.4 Å². The molecule has 3 aliphatic rings. The molecule has 150 valence electrons. The molecule has 1 atom stereocenters. The Morgan fingerprint density at radius 1 is 1.10 bits per heavy atom. The Kier molecular flexibility index (Phi) is 3.83. The molecule has 6 rings (SSSR count). The summed E-state index contributed by atoms with van der Waals surface area (Å²) >= 11 is 0. The number of carbonyl (C=O) groups is 1. The van der Waals surface area contributed by atoms with Gasteiger partial charge in [0.1, 0.15) is 19.3 Å². The van der Waals surface area contributed by atoms with Crippen molar-refractivity contribution in [3.63, 3.8) is 0 Å². The molecule has 1 aliphatic carbocycles. The highest BCUT2D eigenvalue weighted by atomic mass is 16.6. The Balaban J connectivity index is 1.52. The summed E-state index contributed by atoms with van der Waals surface area (Å²) in [4.78, 5) is 21.8. The van der Waals surface area contributed by atoms with Gasteiger partial charge in [-0.3, -0.25) is 9.78 Å². The van der Waals surface area contributed by atoms with Crippen LogP contribution >= 0.6 is 0 Å². The Morgan fingerprint density at radius 2 is 2.00 bits per heavy atom.